The molecule has 9 aromatic carbocycles. The van der Waals surface area contributed by atoms with Crippen molar-refractivity contribution >= 4 is 43.6 Å². The Morgan fingerprint density at radius 1 is 0.312 bits per heavy atom. The van der Waals surface area contributed by atoms with Gasteiger partial charge in [-0.2, -0.15) is 0 Å². The molecule has 4 nitrogen and oxygen atoms in total. The molecule has 0 N–H and O–H groups in total. The summed E-state index contributed by atoms with van der Waals surface area (Å²) in [7, 11) is 0. The van der Waals surface area contributed by atoms with E-state index in [4.69, 9.17) is 9.97 Å². The van der Waals surface area contributed by atoms with Crippen LogP contribution >= 0.6 is 0 Å². The van der Waals surface area contributed by atoms with Crippen molar-refractivity contribution in [2.75, 3.05) is 0 Å². The van der Waals surface area contributed by atoms with Crippen molar-refractivity contribution < 1.29 is 0 Å². The number of hydrogen-bond acceptors (Lipinski definition) is 2. The Kier molecular flexibility index (Phi) is 8.91. The zero-order valence-electron chi connectivity index (χ0n) is 35.6. The van der Waals surface area contributed by atoms with E-state index < -0.39 is 0 Å². The lowest BCUT2D eigenvalue weighted by Crippen LogP contribution is -2.02. The molecule has 0 saturated carbocycles. The average molecular weight is 819 g/mol. The minimum absolute atomic E-state index is 0.669. The van der Waals surface area contributed by atoms with E-state index in [0.29, 0.717) is 5.82 Å². The van der Waals surface area contributed by atoms with Crippen LogP contribution in [0.15, 0.2) is 218 Å². The summed E-state index contributed by atoms with van der Waals surface area (Å²) in [4.78, 5) is 10.6. The second kappa shape index (κ2) is 15.2. The Morgan fingerprint density at radius 2 is 0.812 bits per heavy atom. The van der Waals surface area contributed by atoms with Crippen LogP contribution in [0.4, 0.5) is 0 Å². The van der Waals surface area contributed by atoms with Crippen molar-refractivity contribution in [3.05, 3.63) is 230 Å². The van der Waals surface area contributed by atoms with Gasteiger partial charge in [0.2, 0.25) is 0 Å². The summed E-state index contributed by atoms with van der Waals surface area (Å²) in [5.74, 6) is 0.669. The van der Waals surface area contributed by atoms with E-state index in [1.165, 1.54) is 43.8 Å². The van der Waals surface area contributed by atoms with Crippen LogP contribution in [-0.4, -0.2) is 19.1 Å². The standard InChI is InChI=1S/C60H42N4/c1-39-29-32-45(40(2)35-39)43-30-33-58-50(36-43)48-23-11-16-28-57(48)64(58)59-34-31-44(60-61-52(41-17-5-3-6-18-41)38-53(62-60)42-19-7-4-8-20-42)37-51(59)49-24-12-15-27-56(49)63-54-25-13-9-21-46(54)47-22-10-14-26-55(47)63/h3-38H,1-2H3. The summed E-state index contributed by atoms with van der Waals surface area (Å²) in [5.41, 5.74) is 18.8. The lowest BCUT2D eigenvalue weighted by molar-refractivity contribution is 1.15. The summed E-state index contributed by atoms with van der Waals surface area (Å²) >= 11 is 0. The van der Waals surface area contributed by atoms with Crippen molar-refractivity contribution in [1.29, 1.82) is 0 Å². The van der Waals surface area contributed by atoms with Crippen LogP contribution in [0.2, 0.25) is 0 Å². The number of fused-ring (bicyclic) bond motifs is 6. The van der Waals surface area contributed by atoms with Gasteiger partial charge in [-0.05, 0) is 91.2 Å². The predicted molar refractivity (Wildman–Crippen MR) is 267 cm³/mol. The van der Waals surface area contributed by atoms with Crippen molar-refractivity contribution in [1.82, 2.24) is 19.1 Å². The quantitative estimate of drug-likeness (QED) is 0.161. The largest absolute Gasteiger partial charge is 0.309 e. The molecule has 0 saturated heterocycles. The first-order valence-corrected chi connectivity index (χ1v) is 21.9. The van der Waals surface area contributed by atoms with Gasteiger partial charge in [0.15, 0.2) is 5.82 Å². The first-order valence-electron chi connectivity index (χ1n) is 21.9. The lowest BCUT2D eigenvalue weighted by atomic mass is 9.97. The van der Waals surface area contributed by atoms with Gasteiger partial charge < -0.3 is 9.13 Å². The Bertz CT molecular complexity index is 3630. The van der Waals surface area contributed by atoms with E-state index in [9.17, 15) is 0 Å². The highest BCUT2D eigenvalue weighted by Gasteiger charge is 2.22. The number of aromatic nitrogens is 4. The van der Waals surface area contributed by atoms with Gasteiger partial charge in [-0.15, -0.1) is 0 Å². The predicted octanol–water partition coefficient (Wildman–Crippen LogP) is 15.6. The van der Waals surface area contributed by atoms with Crippen molar-refractivity contribution in [2.24, 2.45) is 0 Å². The number of rotatable bonds is 7. The second-order valence-corrected chi connectivity index (χ2v) is 16.7. The van der Waals surface area contributed by atoms with Crippen LogP contribution in [-0.2, 0) is 0 Å². The highest BCUT2D eigenvalue weighted by molar-refractivity contribution is 6.12. The normalized spacial score (nSPS) is 11.6. The maximum Gasteiger partial charge on any atom is 0.160 e. The van der Waals surface area contributed by atoms with Crippen LogP contribution in [0.5, 0.6) is 0 Å². The van der Waals surface area contributed by atoms with E-state index in [0.717, 1.165) is 72.6 Å². The molecule has 0 bridgehead atoms. The van der Waals surface area contributed by atoms with Gasteiger partial charge in [0.25, 0.3) is 0 Å². The molecule has 12 rings (SSSR count). The van der Waals surface area contributed by atoms with Gasteiger partial charge in [-0.25, -0.2) is 9.97 Å². The van der Waals surface area contributed by atoms with Crippen molar-refractivity contribution in [3.63, 3.8) is 0 Å². The number of para-hydroxylation sites is 4. The topological polar surface area (TPSA) is 35.6 Å². The minimum atomic E-state index is 0.669. The molecule has 0 unspecified atom stereocenters. The zero-order chi connectivity index (χ0) is 42.7. The number of aryl methyl sites for hydroxylation is 2. The summed E-state index contributed by atoms with van der Waals surface area (Å²) in [5, 5.41) is 4.87. The van der Waals surface area contributed by atoms with Gasteiger partial charge in [0, 0.05) is 49.4 Å². The SMILES string of the molecule is Cc1ccc(-c2ccc3c(c2)c2ccccc2n3-c2ccc(-c3nc(-c4ccccc4)cc(-c4ccccc4)n3)cc2-c2ccccc2-n2c3ccccc3c3ccccc32)c(C)c1. The molecule has 0 aliphatic heterocycles. The van der Waals surface area contributed by atoms with E-state index in [1.807, 2.05) is 12.1 Å². The zero-order valence-corrected chi connectivity index (χ0v) is 35.6. The van der Waals surface area contributed by atoms with E-state index in [-0.39, 0.29) is 0 Å². The monoisotopic (exact) mass is 818 g/mol. The average Bonchev–Trinajstić information content (AvgIpc) is 3.87. The van der Waals surface area contributed by atoms with Gasteiger partial charge in [-0.1, -0.05) is 163 Å². The fourth-order valence-electron chi connectivity index (χ4n) is 9.79. The summed E-state index contributed by atoms with van der Waals surface area (Å²) < 4.78 is 4.88. The molecule has 4 heteroatoms. The number of benzene rings is 9. The molecule has 0 radical (unpaired) electrons. The third kappa shape index (κ3) is 6.22. The molecular weight excluding hydrogens is 777 g/mol. The Labute approximate surface area is 372 Å². The Hall–Kier alpha value is -8.34. The van der Waals surface area contributed by atoms with Crippen LogP contribution in [0.25, 0.3) is 111 Å². The van der Waals surface area contributed by atoms with Gasteiger partial charge >= 0.3 is 0 Å². The molecule has 3 aromatic heterocycles. The highest BCUT2D eigenvalue weighted by Crippen LogP contribution is 2.43. The van der Waals surface area contributed by atoms with Crippen molar-refractivity contribution in [2.45, 2.75) is 13.8 Å². The fraction of sp³-hybridized carbons (Fsp3) is 0.0333. The number of hydrogen-bond donors (Lipinski definition) is 0. The molecule has 64 heavy (non-hydrogen) atoms. The molecule has 0 fully saturated rings. The van der Waals surface area contributed by atoms with Crippen LogP contribution in [0.1, 0.15) is 11.1 Å². The lowest BCUT2D eigenvalue weighted by Gasteiger charge is -2.20. The smallest absolute Gasteiger partial charge is 0.160 e. The first kappa shape index (κ1) is 37.4. The van der Waals surface area contributed by atoms with E-state index in [1.54, 1.807) is 0 Å². The highest BCUT2D eigenvalue weighted by atomic mass is 15.0. The summed E-state index contributed by atoms with van der Waals surface area (Å²) in [6.45, 7) is 4.37. The van der Waals surface area contributed by atoms with E-state index >= 15 is 0 Å². The third-order valence-corrected chi connectivity index (χ3v) is 12.7. The van der Waals surface area contributed by atoms with Gasteiger partial charge in [-0.3, -0.25) is 0 Å². The first-order chi connectivity index (χ1) is 31.6. The molecule has 302 valence electrons. The summed E-state index contributed by atoms with van der Waals surface area (Å²) in [6, 6.07) is 78.5. The van der Waals surface area contributed by atoms with Crippen LogP contribution in [0, 0.1) is 13.8 Å². The Balaban J connectivity index is 1.15. The maximum absolute atomic E-state index is 5.31. The van der Waals surface area contributed by atoms with Crippen LogP contribution in [0.3, 0.4) is 0 Å². The van der Waals surface area contributed by atoms with Crippen molar-refractivity contribution in [3.8, 4) is 67.5 Å². The van der Waals surface area contributed by atoms with Gasteiger partial charge in [0.05, 0.1) is 44.8 Å². The molecule has 3 heterocycles. The molecule has 0 spiro atoms. The van der Waals surface area contributed by atoms with E-state index in [2.05, 4.69) is 229 Å². The van der Waals surface area contributed by atoms with Crippen LogP contribution < -0.4 is 0 Å². The maximum atomic E-state index is 5.31. The number of nitrogens with zero attached hydrogens (tertiary/aromatic N) is 4. The Morgan fingerprint density at radius 3 is 1.42 bits per heavy atom. The molecular formula is C60H42N4. The summed E-state index contributed by atoms with van der Waals surface area (Å²) in [6.07, 6.45) is 0. The molecule has 0 aliphatic carbocycles. The molecule has 0 aliphatic rings. The second-order valence-electron chi connectivity index (χ2n) is 16.7. The fourth-order valence-corrected chi connectivity index (χ4v) is 9.79. The minimum Gasteiger partial charge on any atom is -0.309 e. The third-order valence-electron chi connectivity index (χ3n) is 12.7. The van der Waals surface area contributed by atoms with Gasteiger partial charge in [0.1, 0.15) is 0 Å². The molecule has 0 amide bonds. The molecule has 12 aromatic rings. The molecule has 0 atom stereocenters.